The van der Waals surface area contributed by atoms with E-state index in [1.54, 1.807) is 0 Å². The molecule has 1 rings (SSSR count). The predicted molar refractivity (Wildman–Crippen MR) is 48.3 cm³/mol. The van der Waals surface area contributed by atoms with Crippen LogP contribution in [0.2, 0.25) is 0 Å². The second kappa shape index (κ2) is 4.52. The van der Waals surface area contributed by atoms with Crippen LogP contribution in [0.15, 0.2) is 22.8 Å². The lowest BCUT2D eigenvalue weighted by Gasteiger charge is -2.14. The normalized spacial score (nSPS) is 13.2. The monoisotopic (exact) mass is 248 g/mol. The van der Waals surface area contributed by atoms with Crippen LogP contribution in [0, 0.1) is 5.92 Å². The molecule has 1 unspecified atom stereocenters. The van der Waals surface area contributed by atoms with Gasteiger partial charge in [-0.2, -0.15) is 13.2 Å². The van der Waals surface area contributed by atoms with Gasteiger partial charge in [-0.25, -0.2) is 0 Å². The molecule has 0 radical (unpaired) electrons. The summed E-state index contributed by atoms with van der Waals surface area (Å²) in [5.74, 6) is -8.18. The molecule has 0 aliphatic rings. The highest BCUT2D eigenvalue weighted by Crippen LogP contribution is 2.28. The highest BCUT2D eigenvalue weighted by atomic mass is 19.4. The van der Waals surface area contributed by atoms with Crippen LogP contribution in [-0.2, 0) is 9.59 Å². The van der Waals surface area contributed by atoms with E-state index in [0.717, 1.165) is 12.3 Å². The Hall–Kier alpha value is -1.92. The third-order valence-corrected chi connectivity index (χ3v) is 1.96. The maximum atomic E-state index is 12.4. The van der Waals surface area contributed by atoms with Gasteiger partial charge in [0.2, 0.25) is 5.78 Å². The third-order valence-electron chi connectivity index (χ3n) is 1.96. The molecule has 0 N–H and O–H groups in total. The second-order valence-electron chi connectivity index (χ2n) is 3.26. The van der Waals surface area contributed by atoms with Crippen molar-refractivity contribution in [1.29, 1.82) is 0 Å². The molecule has 1 heterocycles. The van der Waals surface area contributed by atoms with Crippen LogP contribution in [-0.4, -0.2) is 23.5 Å². The second-order valence-corrected chi connectivity index (χ2v) is 3.26. The Morgan fingerprint density at radius 2 is 1.88 bits per heavy atom. The molecule has 0 amide bonds. The smallest absolute Gasteiger partial charge is 0.405 e. The van der Waals surface area contributed by atoms with Crippen molar-refractivity contribution in [3.8, 4) is 0 Å². The first-order chi connectivity index (χ1) is 7.75. The van der Waals surface area contributed by atoms with Gasteiger partial charge in [-0.05, 0) is 19.1 Å². The molecule has 0 saturated heterocycles. The summed E-state index contributed by atoms with van der Waals surface area (Å²) in [6.45, 7) is 0.603. The van der Waals surface area contributed by atoms with Gasteiger partial charge in [0.15, 0.2) is 11.7 Å². The molecular formula is C10H7F3O4. The zero-order valence-electron chi connectivity index (χ0n) is 8.58. The number of carbonyl (C=O) groups is 3. The molecule has 92 valence electrons. The summed E-state index contributed by atoms with van der Waals surface area (Å²) in [7, 11) is 0. The van der Waals surface area contributed by atoms with Gasteiger partial charge >= 0.3 is 6.18 Å². The Kier molecular flexibility index (Phi) is 3.50. The minimum atomic E-state index is -5.08. The lowest BCUT2D eigenvalue weighted by Crippen LogP contribution is -2.40. The summed E-state index contributed by atoms with van der Waals surface area (Å²) in [5.41, 5.74) is 0. The number of hydrogen-bond donors (Lipinski definition) is 0. The molecule has 0 spiro atoms. The van der Waals surface area contributed by atoms with Crippen molar-refractivity contribution in [3.63, 3.8) is 0 Å². The SMILES string of the molecule is CC(=O)C(C(=O)C(=O)c1ccco1)C(F)(F)F. The van der Waals surface area contributed by atoms with E-state index in [0.29, 0.717) is 6.92 Å². The quantitative estimate of drug-likeness (QED) is 0.463. The molecule has 4 nitrogen and oxygen atoms in total. The maximum Gasteiger partial charge on any atom is 0.405 e. The van der Waals surface area contributed by atoms with Gasteiger partial charge in [0.05, 0.1) is 6.26 Å². The number of Topliss-reactive ketones (excluding diaryl/α,β-unsaturated/α-hetero) is 3. The molecule has 17 heavy (non-hydrogen) atoms. The van der Waals surface area contributed by atoms with Crippen LogP contribution in [0.25, 0.3) is 0 Å². The molecule has 0 saturated carbocycles. The average molecular weight is 248 g/mol. The Balaban J connectivity index is 3.02. The highest BCUT2D eigenvalue weighted by molar-refractivity contribution is 6.46. The van der Waals surface area contributed by atoms with Gasteiger partial charge in [0.25, 0.3) is 5.78 Å². The summed E-state index contributed by atoms with van der Waals surface area (Å²) >= 11 is 0. The Morgan fingerprint density at radius 1 is 1.29 bits per heavy atom. The van der Waals surface area contributed by atoms with Crippen molar-refractivity contribution in [1.82, 2.24) is 0 Å². The van der Waals surface area contributed by atoms with E-state index >= 15 is 0 Å². The van der Waals surface area contributed by atoms with Gasteiger partial charge in [-0.3, -0.25) is 14.4 Å². The number of carbonyl (C=O) groups excluding carboxylic acids is 3. The van der Waals surface area contributed by atoms with Crippen molar-refractivity contribution in [2.45, 2.75) is 13.1 Å². The molecular weight excluding hydrogens is 241 g/mol. The number of halogens is 3. The molecule has 0 aliphatic carbocycles. The predicted octanol–water partition coefficient (Wildman–Crippen LogP) is 1.80. The number of rotatable bonds is 4. The first-order valence-electron chi connectivity index (χ1n) is 4.44. The van der Waals surface area contributed by atoms with Crippen LogP contribution in [0.1, 0.15) is 17.5 Å². The van der Waals surface area contributed by atoms with Crippen molar-refractivity contribution in [2.24, 2.45) is 5.92 Å². The van der Waals surface area contributed by atoms with Gasteiger partial charge in [-0.1, -0.05) is 0 Å². The zero-order valence-corrected chi connectivity index (χ0v) is 8.58. The molecule has 1 aromatic heterocycles. The van der Waals surface area contributed by atoms with E-state index in [9.17, 15) is 27.6 Å². The van der Waals surface area contributed by atoms with Crippen molar-refractivity contribution in [3.05, 3.63) is 24.2 Å². The Labute approximate surface area is 93.4 Å². The lowest BCUT2D eigenvalue weighted by molar-refractivity contribution is -0.181. The molecule has 1 atom stereocenters. The van der Waals surface area contributed by atoms with E-state index in [-0.39, 0.29) is 0 Å². The molecule has 0 fully saturated rings. The fourth-order valence-corrected chi connectivity index (χ4v) is 1.22. The van der Waals surface area contributed by atoms with Crippen LogP contribution in [0.4, 0.5) is 13.2 Å². The van der Waals surface area contributed by atoms with Crippen LogP contribution >= 0.6 is 0 Å². The van der Waals surface area contributed by atoms with Gasteiger partial charge in [0, 0.05) is 0 Å². The minimum absolute atomic E-state index is 0.523. The molecule has 7 heteroatoms. The first kappa shape index (κ1) is 13.1. The summed E-state index contributed by atoms with van der Waals surface area (Å²) in [5, 5.41) is 0. The zero-order chi connectivity index (χ0) is 13.2. The highest BCUT2D eigenvalue weighted by Gasteiger charge is 2.50. The molecule has 0 bridgehead atoms. The summed E-state index contributed by atoms with van der Waals surface area (Å²) in [6.07, 6.45) is -4.04. The van der Waals surface area contributed by atoms with E-state index in [1.807, 2.05) is 0 Å². The average Bonchev–Trinajstić information content (AvgIpc) is 2.65. The van der Waals surface area contributed by atoms with Crippen molar-refractivity contribution in [2.75, 3.05) is 0 Å². The van der Waals surface area contributed by atoms with Gasteiger partial charge in [0.1, 0.15) is 5.78 Å². The third kappa shape index (κ3) is 2.80. The molecule has 0 aliphatic heterocycles. The van der Waals surface area contributed by atoms with E-state index in [4.69, 9.17) is 0 Å². The van der Waals surface area contributed by atoms with Crippen LogP contribution < -0.4 is 0 Å². The standard InChI is InChI=1S/C10H7F3O4/c1-5(14)7(10(11,12)13)9(16)8(15)6-3-2-4-17-6/h2-4,7H,1H3. The summed E-state index contributed by atoms with van der Waals surface area (Å²) in [6, 6.07) is 2.30. The van der Waals surface area contributed by atoms with Crippen LogP contribution in [0.5, 0.6) is 0 Å². The summed E-state index contributed by atoms with van der Waals surface area (Å²) in [4.78, 5) is 33.4. The topological polar surface area (TPSA) is 64.3 Å². The fourth-order valence-electron chi connectivity index (χ4n) is 1.22. The van der Waals surface area contributed by atoms with E-state index < -0.39 is 35.2 Å². The van der Waals surface area contributed by atoms with E-state index in [2.05, 4.69) is 4.42 Å². The molecule has 1 aromatic rings. The molecule has 0 aromatic carbocycles. The lowest BCUT2D eigenvalue weighted by atomic mass is 9.95. The van der Waals surface area contributed by atoms with Gasteiger partial charge in [-0.15, -0.1) is 0 Å². The Bertz CT molecular complexity index is 445. The largest absolute Gasteiger partial charge is 0.461 e. The fraction of sp³-hybridized carbons (Fsp3) is 0.300. The number of hydrogen-bond acceptors (Lipinski definition) is 4. The van der Waals surface area contributed by atoms with E-state index in [1.165, 1.54) is 6.07 Å². The first-order valence-corrected chi connectivity index (χ1v) is 4.44. The van der Waals surface area contributed by atoms with Crippen molar-refractivity contribution < 1.29 is 32.0 Å². The number of ketones is 3. The number of furan rings is 1. The van der Waals surface area contributed by atoms with Crippen LogP contribution in [0.3, 0.4) is 0 Å². The maximum absolute atomic E-state index is 12.4. The Morgan fingerprint density at radius 3 is 2.24 bits per heavy atom. The van der Waals surface area contributed by atoms with Crippen molar-refractivity contribution >= 4 is 17.3 Å². The number of alkyl halides is 3. The summed E-state index contributed by atoms with van der Waals surface area (Å²) < 4.78 is 41.7. The minimum Gasteiger partial charge on any atom is -0.461 e. The van der Waals surface area contributed by atoms with Gasteiger partial charge < -0.3 is 4.42 Å².